The van der Waals surface area contributed by atoms with Crippen LogP contribution in [0.2, 0.25) is 0 Å². The summed E-state index contributed by atoms with van der Waals surface area (Å²) in [5.74, 6) is 0.388. The van der Waals surface area contributed by atoms with Crippen molar-refractivity contribution < 1.29 is 22.4 Å². The molecule has 0 spiro atoms. The first kappa shape index (κ1) is 19.4. The second kappa shape index (κ2) is 8.66. The highest BCUT2D eigenvalue weighted by Crippen LogP contribution is 2.23. The first-order chi connectivity index (χ1) is 9.11. The first-order valence-electron chi connectivity index (χ1n) is 7.05. The maximum atomic E-state index is 5.91. The van der Waals surface area contributed by atoms with E-state index in [1.165, 1.54) is 0 Å². The van der Waals surface area contributed by atoms with Crippen molar-refractivity contribution in [2.75, 3.05) is 7.11 Å². The Kier molecular flexibility index (Phi) is 8.42. The topological polar surface area (TPSA) is 46.2 Å². The molecule has 0 fully saturated rings. The van der Waals surface area contributed by atoms with Crippen molar-refractivity contribution in [2.45, 2.75) is 73.7 Å². The molecule has 120 valence electrons. The van der Waals surface area contributed by atoms with Crippen molar-refractivity contribution in [2.24, 2.45) is 0 Å². The summed E-state index contributed by atoms with van der Waals surface area (Å²) in [4.78, 5) is 0. The fourth-order valence-corrected chi connectivity index (χ4v) is 4.04. The standard InChI is InChI=1S/C14H30O5Si/c1-10(2)14(15-9)19-20(16-11(3)4,17-12(5)6)18-13(7)8/h11-13H,1-9H3. The van der Waals surface area contributed by atoms with E-state index in [0.717, 1.165) is 5.57 Å². The third-order valence-electron chi connectivity index (χ3n) is 1.95. The molecule has 0 radical (unpaired) electrons. The molecule has 0 saturated heterocycles. The summed E-state index contributed by atoms with van der Waals surface area (Å²) in [5, 5.41) is 0. The lowest BCUT2D eigenvalue weighted by Gasteiger charge is -2.33. The van der Waals surface area contributed by atoms with E-state index in [-0.39, 0.29) is 18.3 Å². The Labute approximate surface area is 124 Å². The van der Waals surface area contributed by atoms with Crippen LogP contribution in [0.1, 0.15) is 55.4 Å². The smallest absolute Gasteiger partial charge is 0.470 e. The van der Waals surface area contributed by atoms with E-state index < -0.39 is 9.05 Å². The van der Waals surface area contributed by atoms with Gasteiger partial charge in [-0.3, -0.25) is 0 Å². The Bertz CT molecular complexity index is 282. The molecule has 0 amide bonds. The quantitative estimate of drug-likeness (QED) is 0.481. The summed E-state index contributed by atoms with van der Waals surface area (Å²) < 4.78 is 28.9. The van der Waals surface area contributed by atoms with Crippen molar-refractivity contribution in [1.29, 1.82) is 0 Å². The average molecular weight is 306 g/mol. The zero-order valence-electron chi connectivity index (χ0n) is 14.3. The maximum Gasteiger partial charge on any atom is 0.752 e. The van der Waals surface area contributed by atoms with Gasteiger partial charge in [-0.2, -0.15) is 0 Å². The number of methoxy groups -OCH3 is 1. The van der Waals surface area contributed by atoms with Crippen LogP contribution in [-0.2, 0) is 22.4 Å². The third kappa shape index (κ3) is 7.28. The van der Waals surface area contributed by atoms with Gasteiger partial charge in [0.2, 0.25) is 0 Å². The van der Waals surface area contributed by atoms with Gasteiger partial charge in [0.15, 0.2) is 0 Å². The van der Waals surface area contributed by atoms with Gasteiger partial charge in [0, 0.05) is 23.9 Å². The highest BCUT2D eigenvalue weighted by Gasteiger charge is 2.52. The fraction of sp³-hybridized carbons (Fsp3) is 0.857. The highest BCUT2D eigenvalue weighted by atomic mass is 28.4. The van der Waals surface area contributed by atoms with Gasteiger partial charge < -0.3 is 22.4 Å². The molecule has 5 nitrogen and oxygen atoms in total. The van der Waals surface area contributed by atoms with E-state index in [1.807, 2.05) is 55.4 Å². The summed E-state index contributed by atoms with van der Waals surface area (Å²) in [5.41, 5.74) is 0.899. The molecule has 0 heterocycles. The molecule has 0 aliphatic carbocycles. The highest BCUT2D eigenvalue weighted by molar-refractivity contribution is 6.54. The summed E-state index contributed by atoms with van der Waals surface area (Å²) in [6.07, 6.45) is -0.224. The molecule has 0 aliphatic heterocycles. The van der Waals surface area contributed by atoms with Crippen LogP contribution in [0.5, 0.6) is 0 Å². The minimum atomic E-state index is -3.31. The Morgan fingerprint density at radius 2 is 1.10 bits per heavy atom. The van der Waals surface area contributed by atoms with Crippen LogP contribution in [0.25, 0.3) is 0 Å². The Morgan fingerprint density at radius 3 is 1.30 bits per heavy atom. The minimum Gasteiger partial charge on any atom is -0.470 e. The van der Waals surface area contributed by atoms with E-state index >= 15 is 0 Å². The van der Waals surface area contributed by atoms with Gasteiger partial charge in [-0.25, -0.2) is 0 Å². The molecule has 0 aromatic rings. The number of ether oxygens (including phenoxy) is 1. The summed E-state index contributed by atoms with van der Waals surface area (Å²) >= 11 is 0. The summed E-state index contributed by atoms with van der Waals surface area (Å²) in [7, 11) is -1.76. The maximum absolute atomic E-state index is 5.91. The summed E-state index contributed by atoms with van der Waals surface area (Å²) in [6, 6.07) is 0. The van der Waals surface area contributed by atoms with E-state index in [2.05, 4.69) is 0 Å². The average Bonchev–Trinajstić information content (AvgIpc) is 2.22. The fourth-order valence-electron chi connectivity index (χ4n) is 1.48. The molecule has 0 bridgehead atoms. The Morgan fingerprint density at radius 1 is 0.750 bits per heavy atom. The van der Waals surface area contributed by atoms with Crippen molar-refractivity contribution in [1.82, 2.24) is 0 Å². The van der Waals surface area contributed by atoms with Crippen LogP contribution in [0.15, 0.2) is 11.5 Å². The van der Waals surface area contributed by atoms with Gasteiger partial charge in [-0.05, 0) is 55.4 Å². The molecular weight excluding hydrogens is 276 g/mol. The van der Waals surface area contributed by atoms with Gasteiger partial charge in [0.25, 0.3) is 5.95 Å². The largest absolute Gasteiger partial charge is 0.752 e. The molecule has 0 unspecified atom stereocenters. The van der Waals surface area contributed by atoms with Crippen LogP contribution in [0.4, 0.5) is 0 Å². The molecule has 0 N–H and O–H groups in total. The number of hydrogen-bond donors (Lipinski definition) is 0. The van der Waals surface area contributed by atoms with Gasteiger partial charge >= 0.3 is 9.05 Å². The van der Waals surface area contributed by atoms with Gasteiger partial charge in [0.05, 0.1) is 7.11 Å². The van der Waals surface area contributed by atoms with E-state index in [9.17, 15) is 0 Å². The van der Waals surface area contributed by atoms with Crippen molar-refractivity contribution in [3.05, 3.63) is 11.5 Å². The molecule has 0 aromatic heterocycles. The lowest BCUT2D eigenvalue weighted by atomic mass is 10.4. The molecule has 0 atom stereocenters. The molecule has 0 aromatic carbocycles. The Balaban J connectivity index is 5.40. The SMILES string of the molecule is COC(O[Si](OC(C)C)(OC(C)C)OC(C)C)=C(C)C. The van der Waals surface area contributed by atoms with Crippen LogP contribution < -0.4 is 0 Å². The van der Waals surface area contributed by atoms with Crippen molar-refractivity contribution >= 4 is 9.05 Å². The third-order valence-corrected chi connectivity index (χ3v) is 4.67. The zero-order valence-corrected chi connectivity index (χ0v) is 15.3. The normalized spacial score (nSPS) is 12.2. The van der Waals surface area contributed by atoms with Crippen LogP contribution >= 0.6 is 0 Å². The molecule has 0 saturated carbocycles. The lowest BCUT2D eigenvalue weighted by molar-refractivity contribution is -0.0801. The molecule has 20 heavy (non-hydrogen) atoms. The number of hydrogen-bond acceptors (Lipinski definition) is 5. The molecular formula is C14H30O5Si. The van der Waals surface area contributed by atoms with Gasteiger partial charge in [0.1, 0.15) is 0 Å². The Hall–Kier alpha value is -0.563. The predicted octanol–water partition coefficient (Wildman–Crippen LogP) is 3.61. The van der Waals surface area contributed by atoms with Gasteiger partial charge in [-0.15, -0.1) is 0 Å². The van der Waals surface area contributed by atoms with E-state index in [0.29, 0.717) is 5.95 Å². The van der Waals surface area contributed by atoms with E-state index in [1.54, 1.807) is 7.11 Å². The van der Waals surface area contributed by atoms with Crippen molar-refractivity contribution in [3.8, 4) is 0 Å². The first-order valence-corrected chi connectivity index (χ1v) is 8.69. The van der Waals surface area contributed by atoms with Crippen LogP contribution in [0.3, 0.4) is 0 Å². The predicted molar refractivity (Wildman–Crippen MR) is 80.9 cm³/mol. The van der Waals surface area contributed by atoms with Crippen molar-refractivity contribution in [3.63, 3.8) is 0 Å². The monoisotopic (exact) mass is 306 g/mol. The lowest BCUT2D eigenvalue weighted by Crippen LogP contribution is -2.53. The second-order valence-electron chi connectivity index (χ2n) is 5.59. The second-order valence-corrected chi connectivity index (χ2v) is 7.50. The molecule has 0 aliphatic rings. The zero-order chi connectivity index (χ0) is 15.9. The van der Waals surface area contributed by atoms with Crippen LogP contribution in [-0.4, -0.2) is 34.5 Å². The van der Waals surface area contributed by atoms with Crippen LogP contribution in [0, 0.1) is 0 Å². The molecule has 0 rings (SSSR count). The summed E-state index contributed by atoms with van der Waals surface area (Å²) in [6.45, 7) is 15.3. The number of allylic oxidation sites excluding steroid dienone is 1. The van der Waals surface area contributed by atoms with Gasteiger partial charge in [-0.1, -0.05) is 0 Å². The number of rotatable bonds is 9. The van der Waals surface area contributed by atoms with E-state index in [4.69, 9.17) is 22.4 Å². The molecule has 6 heteroatoms. The minimum absolute atomic E-state index is 0.0746.